The highest BCUT2D eigenvalue weighted by Crippen LogP contribution is 2.40. The number of ether oxygens (including phenoxy) is 3. The number of benzene rings is 1. The van der Waals surface area contributed by atoms with Crippen molar-refractivity contribution < 1.29 is 28.4 Å². The highest BCUT2D eigenvalue weighted by molar-refractivity contribution is 7.60. The Bertz CT molecular complexity index is 1360. The number of anilines is 1. The maximum absolute atomic E-state index is 14.2. The summed E-state index contributed by atoms with van der Waals surface area (Å²) >= 11 is 0. The number of carbonyl (C=O) groups excluding carboxylic acids is 2. The van der Waals surface area contributed by atoms with E-state index in [1.165, 1.54) is 13.4 Å². The number of hydrogen-bond donors (Lipinski definition) is 3. The third-order valence-electron chi connectivity index (χ3n) is 6.01. The minimum absolute atomic E-state index is 0.183. The fraction of sp³-hybridized carbons (Fsp3) is 0.500. The number of esters is 1. The maximum atomic E-state index is 14.2. The molecule has 13 nitrogen and oxygen atoms in total. The molecule has 0 aliphatic heterocycles. The van der Waals surface area contributed by atoms with Crippen molar-refractivity contribution in [2.75, 3.05) is 25.8 Å². The van der Waals surface area contributed by atoms with Gasteiger partial charge in [-0.25, -0.2) is 20.0 Å². The van der Waals surface area contributed by atoms with E-state index in [-0.39, 0.29) is 18.0 Å². The van der Waals surface area contributed by atoms with Gasteiger partial charge < -0.3 is 24.5 Å². The first-order valence-electron chi connectivity index (χ1n) is 13.0. The number of imidazole rings is 1. The van der Waals surface area contributed by atoms with Crippen LogP contribution in [0, 0.1) is 0 Å². The zero-order valence-corrected chi connectivity index (χ0v) is 24.4. The highest BCUT2D eigenvalue weighted by Gasteiger charge is 2.39. The van der Waals surface area contributed by atoms with Crippen LogP contribution in [-0.2, 0) is 25.4 Å². The van der Waals surface area contributed by atoms with Crippen LogP contribution in [0.2, 0.25) is 0 Å². The van der Waals surface area contributed by atoms with Crippen LogP contribution in [0.15, 0.2) is 36.9 Å². The molecule has 0 aliphatic carbocycles. The largest absolute Gasteiger partial charge is 0.496 e. The van der Waals surface area contributed by atoms with E-state index in [0.717, 1.165) is 19.3 Å². The first-order valence-corrected chi connectivity index (χ1v) is 14.9. The number of nitrogens with two attached hydrogens (primary N) is 1. The third kappa shape index (κ3) is 8.00. The minimum Gasteiger partial charge on any atom is -0.496 e. The van der Waals surface area contributed by atoms with Gasteiger partial charge in [0.15, 0.2) is 11.5 Å². The lowest BCUT2D eigenvalue weighted by molar-refractivity contribution is -0.149. The molecule has 0 bridgehead atoms. The molecule has 3 aromatic rings. The summed E-state index contributed by atoms with van der Waals surface area (Å²) in [5, 5.41) is 5.39. The first-order chi connectivity index (χ1) is 19.0. The van der Waals surface area contributed by atoms with E-state index in [4.69, 9.17) is 19.9 Å². The van der Waals surface area contributed by atoms with Gasteiger partial charge >= 0.3 is 5.97 Å². The average molecular weight is 576 g/mol. The number of fused-ring (bicyclic) bond motifs is 1. The van der Waals surface area contributed by atoms with Crippen molar-refractivity contribution in [1.82, 2.24) is 29.7 Å². The number of aromatic nitrogens is 4. The molecule has 2 atom stereocenters. The first kappa shape index (κ1) is 31.0. The van der Waals surface area contributed by atoms with Gasteiger partial charge in [-0.2, -0.15) is 0 Å². The highest BCUT2D eigenvalue weighted by atomic mass is 31.2. The molecule has 2 heterocycles. The molecule has 218 valence electrons. The number of para-hydroxylation sites is 1. The molecule has 3 rings (SSSR count). The van der Waals surface area contributed by atoms with Gasteiger partial charge in [-0.05, 0) is 39.3 Å². The molecular weight excluding hydrogens is 537 g/mol. The molecule has 0 saturated heterocycles. The second kappa shape index (κ2) is 13.7. The molecule has 2 aromatic heterocycles. The lowest BCUT2D eigenvalue weighted by Gasteiger charge is -2.31. The third-order valence-corrected chi connectivity index (χ3v) is 8.01. The SMILES string of the molecule is CCCCCOC(=O)C(C)(C)N[P@](=O)(CO[C@H](C)Cn1cnc2c(N)ncnc21)NC(=O)c1ccccc1OC. The Morgan fingerprint density at radius 2 is 1.93 bits per heavy atom. The Labute approximate surface area is 233 Å². The average Bonchev–Trinajstić information content (AvgIpc) is 3.33. The van der Waals surface area contributed by atoms with Gasteiger partial charge in [0, 0.05) is 0 Å². The van der Waals surface area contributed by atoms with E-state index in [1.807, 2.05) is 6.92 Å². The van der Waals surface area contributed by atoms with Gasteiger partial charge in [-0.3, -0.25) is 19.2 Å². The van der Waals surface area contributed by atoms with E-state index in [2.05, 4.69) is 25.1 Å². The predicted octanol–water partition coefficient (Wildman–Crippen LogP) is 3.50. The zero-order valence-electron chi connectivity index (χ0n) is 23.5. The number of unbranched alkanes of at least 4 members (excludes halogenated alkanes) is 2. The van der Waals surface area contributed by atoms with Crippen LogP contribution in [-0.4, -0.2) is 63.1 Å². The number of nitrogen functional groups attached to an aromatic ring is 1. The molecule has 0 radical (unpaired) electrons. The summed E-state index contributed by atoms with van der Waals surface area (Å²) in [5.74, 6) is -0.674. The molecule has 40 heavy (non-hydrogen) atoms. The predicted molar refractivity (Wildman–Crippen MR) is 151 cm³/mol. The summed E-state index contributed by atoms with van der Waals surface area (Å²) in [6, 6.07) is 6.55. The van der Waals surface area contributed by atoms with E-state index in [9.17, 15) is 14.2 Å². The van der Waals surface area contributed by atoms with Crippen molar-refractivity contribution in [3.05, 3.63) is 42.5 Å². The molecule has 0 spiro atoms. The monoisotopic (exact) mass is 575 g/mol. The Morgan fingerprint density at radius 3 is 2.65 bits per heavy atom. The number of hydrogen-bond acceptors (Lipinski definition) is 10. The van der Waals surface area contributed by atoms with Crippen LogP contribution < -0.4 is 20.6 Å². The number of methoxy groups -OCH3 is 1. The Hall–Kier alpha value is -3.54. The van der Waals surface area contributed by atoms with Crippen molar-refractivity contribution in [3.8, 4) is 5.75 Å². The van der Waals surface area contributed by atoms with Gasteiger partial charge in [-0.1, -0.05) is 31.9 Å². The Balaban J connectivity index is 1.77. The quantitative estimate of drug-likeness (QED) is 0.137. The Morgan fingerprint density at radius 1 is 1.18 bits per heavy atom. The summed E-state index contributed by atoms with van der Waals surface area (Å²) in [6.45, 7) is 7.46. The lowest BCUT2D eigenvalue weighted by Crippen LogP contribution is -2.49. The molecule has 1 aromatic carbocycles. The van der Waals surface area contributed by atoms with Gasteiger partial charge in [-0.15, -0.1) is 0 Å². The summed E-state index contributed by atoms with van der Waals surface area (Å²) in [5.41, 5.74) is 5.65. The fourth-order valence-corrected chi connectivity index (χ4v) is 6.03. The zero-order chi connectivity index (χ0) is 29.3. The van der Waals surface area contributed by atoms with E-state index >= 15 is 0 Å². The van der Waals surface area contributed by atoms with E-state index in [1.54, 1.807) is 55.9 Å². The molecule has 0 aliphatic rings. The molecule has 0 unspecified atom stereocenters. The normalized spacial score (nSPS) is 13.9. The van der Waals surface area contributed by atoms with Crippen LogP contribution in [0.25, 0.3) is 11.2 Å². The molecule has 0 fully saturated rings. The smallest absolute Gasteiger partial charge is 0.326 e. The van der Waals surface area contributed by atoms with Crippen LogP contribution in [0.1, 0.15) is 57.3 Å². The molecule has 4 N–H and O–H groups in total. The number of amides is 1. The van der Waals surface area contributed by atoms with Crippen LogP contribution in [0.4, 0.5) is 5.82 Å². The van der Waals surface area contributed by atoms with Crippen molar-refractivity contribution in [1.29, 1.82) is 0 Å². The van der Waals surface area contributed by atoms with Crippen LogP contribution in [0.5, 0.6) is 5.75 Å². The number of carbonyl (C=O) groups is 2. The van der Waals surface area contributed by atoms with E-state index < -0.39 is 37.3 Å². The van der Waals surface area contributed by atoms with Crippen molar-refractivity contribution in [2.45, 2.75) is 65.1 Å². The molecule has 14 heteroatoms. The van der Waals surface area contributed by atoms with Crippen molar-refractivity contribution in [3.63, 3.8) is 0 Å². The summed E-state index contributed by atoms with van der Waals surface area (Å²) in [7, 11) is -2.45. The van der Waals surface area contributed by atoms with Gasteiger partial charge in [0.05, 0.1) is 38.3 Å². The second-order valence-electron chi connectivity index (χ2n) is 9.90. The minimum atomic E-state index is -3.89. The topological polar surface area (TPSA) is 173 Å². The molecule has 1 amide bonds. The molecule has 0 saturated carbocycles. The van der Waals surface area contributed by atoms with Crippen molar-refractivity contribution >= 4 is 36.3 Å². The van der Waals surface area contributed by atoms with Gasteiger partial charge in [0.1, 0.15) is 29.5 Å². The summed E-state index contributed by atoms with van der Waals surface area (Å²) < 4.78 is 32.5. The van der Waals surface area contributed by atoms with Gasteiger partial charge in [0.25, 0.3) is 13.4 Å². The lowest BCUT2D eigenvalue weighted by atomic mass is 10.1. The number of nitrogens with one attached hydrogen (secondary N) is 2. The Kier molecular flexibility index (Phi) is 10.6. The standard InChI is InChI=1S/C26H38N7O6P/c1-6-7-10-13-38-25(35)26(3,4)32-40(36,31-24(34)19-11-8-9-12-20(19)37-5)17-39-18(2)14-33-16-30-21-22(27)28-15-29-23(21)33/h8-9,11-12,15-16,18H,6-7,10,13-14,17H2,1-5H3,(H2,27,28,29)(H2,31,32,34,36)/t18-,40+/m1/s1. The number of rotatable bonds is 15. The van der Waals surface area contributed by atoms with Crippen LogP contribution in [0.3, 0.4) is 0 Å². The van der Waals surface area contributed by atoms with Crippen LogP contribution >= 0.6 is 7.44 Å². The van der Waals surface area contributed by atoms with E-state index in [0.29, 0.717) is 23.5 Å². The fourth-order valence-electron chi connectivity index (χ4n) is 3.94. The molecular formula is C26H38N7O6P. The second-order valence-corrected chi connectivity index (χ2v) is 12.1. The van der Waals surface area contributed by atoms with Crippen molar-refractivity contribution in [2.24, 2.45) is 0 Å². The maximum Gasteiger partial charge on any atom is 0.326 e. The summed E-state index contributed by atoms with van der Waals surface area (Å²) in [6.07, 6.45) is 4.63. The van der Waals surface area contributed by atoms with Gasteiger partial charge in [0.2, 0.25) is 0 Å². The number of nitrogens with zero attached hydrogens (tertiary/aromatic N) is 4. The summed E-state index contributed by atoms with van der Waals surface area (Å²) in [4.78, 5) is 38.5.